The highest BCUT2D eigenvalue weighted by Crippen LogP contribution is 2.25. The van der Waals surface area contributed by atoms with Crippen LogP contribution in [0.4, 0.5) is 20.2 Å². The van der Waals surface area contributed by atoms with Gasteiger partial charge in [-0.3, -0.25) is 4.79 Å². The van der Waals surface area contributed by atoms with E-state index in [2.05, 4.69) is 27.1 Å². The Bertz CT molecular complexity index is 761. The lowest BCUT2D eigenvalue weighted by atomic mass is 10.2. The molecule has 0 atom stereocenters. The summed E-state index contributed by atoms with van der Waals surface area (Å²) in [4.78, 5) is 15.9. The highest BCUT2D eigenvalue weighted by atomic mass is 35.5. The number of para-hydroxylation sites is 1. The molecule has 28 heavy (non-hydrogen) atoms. The number of alkyl halides is 3. The fraction of sp³-hybridized carbons (Fsp3) is 0.350. The third kappa shape index (κ3) is 6.35. The average Bonchev–Trinajstić information content (AvgIpc) is 2.68. The molecular weight excluding hydrogens is 388 g/mol. The van der Waals surface area contributed by atoms with Crippen LogP contribution in [0.1, 0.15) is 6.42 Å². The highest BCUT2D eigenvalue weighted by Gasteiger charge is 2.27. The minimum Gasteiger partial charge on any atom is -0.420 e. The number of nitrogens with zero attached hydrogens (tertiary/aromatic N) is 1. The summed E-state index contributed by atoms with van der Waals surface area (Å²) in [5.74, 6) is -0.173. The van der Waals surface area contributed by atoms with Crippen LogP contribution in [-0.2, 0) is 4.79 Å². The molecule has 0 spiro atoms. The summed E-state index contributed by atoms with van der Waals surface area (Å²) >= 11 is 4.72. The summed E-state index contributed by atoms with van der Waals surface area (Å²) in [5.41, 5.74) is -1.99. The van der Waals surface area contributed by atoms with Gasteiger partial charge in [0, 0.05) is 23.0 Å². The number of benzene rings is 2. The Balaban J connectivity index is 1.39. The minimum absolute atomic E-state index is 0.0706. The monoisotopic (exact) mass is 410 g/mol. The van der Waals surface area contributed by atoms with Crippen LogP contribution in [0.15, 0.2) is 54.6 Å². The molecule has 8 heteroatoms. The molecule has 0 bridgehead atoms. The van der Waals surface area contributed by atoms with E-state index in [1.165, 1.54) is 34.9 Å². The van der Waals surface area contributed by atoms with Crippen molar-refractivity contribution in [2.75, 3.05) is 42.9 Å². The van der Waals surface area contributed by atoms with Crippen molar-refractivity contribution in [1.29, 1.82) is 0 Å². The van der Waals surface area contributed by atoms with Gasteiger partial charge >= 0.3 is 5.57 Å². The van der Waals surface area contributed by atoms with E-state index in [0.29, 0.717) is 12.1 Å². The molecule has 0 aromatic heterocycles. The largest absolute Gasteiger partial charge is 0.487 e. The number of halogens is 3. The Hall–Kier alpha value is -2.38. The maximum absolute atomic E-state index is 12.6. The van der Waals surface area contributed by atoms with Crippen LogP contribution < -0.4 is 19.9 Å². The van der Waals surface area contributed by atoms with E-state index in [0.717, 1.165) is 32.7 Å². The summed E-state index contributed by atoms with van der Waals surface area (Å²) in [6.07, 6.45) is 0.401. The van der Waals surface area contributed by atoms with Gasteiger partial charge in [0.2, 0.25) is 5.91 Å². The Kier molecular flexibility index (Phi) is 6.70. The van der Waals surface area contributed by atoms with Gasteiger partial charge in [-0.25, -0.2) is 0 Å². The molecule has 1 amide bonds. The molecule has 1 fully saturated rings. The first kappa shape index (κ1) is 20.4. The standard InChI is InChI=1S/C20H22ClF2N3O2/c21-20(22,23)28-18-8-6-16(7-9-18)24-19(27)10-11-25-12-14-26(15-13-25)17-4-2-1-3-5-17/h1-9H,10-15H2,(H,24,27)/p+1. The van der Waals surface area contributed by atoms with Crippen molar-refractivity contribution in [3.8, 4) is 5.75 Å². The fourth-order valence-electron chi connectivity index (χ4n) is 3.22. The molecule has 0 radical (unpaired) electrons. The summed E-state index contributed by atoms with van der Waals surface area (Å²) in [5, 5.41) is 2.77. The van der Waals surface area contributed by atoms with E-state index < -0.39 is 5.57 Å². The number of quaternary nitrogens is 1. The predicted octanol–water partition coefficient (Wildman–Crippen LogP) is 2.59. The first-order valence-corrected chi connectivity index (χ1v) is 9.56. The number of nitrogens with one attached hydrogen (secondary N) is 2. The second-order valence-electron chi connectivity index (χ2n) is 6.69. The van der Waals surface area contributed by atoms with Crippen molar-refractivity contribution in [1.82, 2.24) is 0 Å². The molecule has 0 aliphatic carbocycles. The van der Waals surface area contributed by atoms with E-state index in [-0.39, 0.29) is 11.7 Å². The zero-order valence-electron chi connectivity index (χ0n) is 15.3. The van der Waals surface area contributed by atoms with Gasteiger partial charge in [0.05, 0.1) is 39.1 Å². The van der Waals surface area contributed by atoms with E-state index in [1.54, 1.807) is 0 Å². The van der Waals surface area contributed by atoms with E-state index in [1.807, 2.05) is 18.2 Å². The Morgan fingerprint density at radius 1 is 1.11 bits per heavy atom. The lowest BCUT2D eigenvalue weighted by Gasteiger charge is -2.33. The van der Waals surface area contributed by atoms with Gasteiger partial charge in [0.15, 0.2) is 0 Å². The molecule has 1 heterocycles. The number of hydrogen-bond acceptors (Lipinski definition) is 3. The predicted molar refractivity (Wildman–Crippen MR) is 105 cm³/mol. The van der Waals surface area contributed by atoms with Gasteiger partial charge in [-0.2, -0.15) is 0 Å². The van der Waals surface area contributed by atoms with Crippen molar-refractivity contribution in [2.45, 2.75) is 12.0 Å². The van der Waals surface area contributed by atoms with Crippen molar-refractivity contribution >= 4 is 28.9 Å². The Morgan fingerprint density at radius 3 is 2.36 bits per heavy atom. The second kappa shape index (κ2) is 9.21. The van der Waals surface area contributed by atoms with Gasteiger partial charge in [-0.15, -0.1) is 8.78 Å². The molecule has 150 valence electrons. The molecule has 0 saturated carbocycles. The van der Waals surface area contributed by atoms with Crippen LogP contribution in [0, 0.1) is 0 Å². The number of anilines is 2. The third-order valence-corrected chi connectivity index (χ3v) is 4.75. The maximum atomic E-state index is 12.6. The summed E-state index contributed by atoms with van der Waals surface area (Å²) < 4.78 is 29.4. The number of carbonyl (C=O) groups excluding carboxylic acids is 1. The molecule has 2 aromatic rings. The SMILES string of the molecule is O=C(CC[NH+]1CCN(c2ccccc2)CC1)Nc1ccc(OC(F)(F)Cl)cc1. The first-order valence-electron chi connectivity index (χ1n) is 9.18. The van der Waals surface area contributed by atoms with Crippen LogP contribution in [0.25, 0.3) is 0 Å². The summed E-state index contributed by atoms with van der Waals surface area (Å²) in [7, 11) is 0. The van der Waals surface area contributed by atoms with E-state index >= 15 is 0 Å². The van der Waals surface area contributed by atoms with Gasteiger partial charge in [-0.1, -0.05) is 18.2 Å². The van der Waals surface area contributed by atoms with Crippen LogP contribution in [0.5, 0.6) is 5.75 Å². The molecule has 2 N–H and O–H groups in total. The molecule has 1 saturated heterocycles. The van der Waals surface area contributed by atoms with Gasteiger partial charge in [0.1, 0.15) is 5.75 Å². The zero-order valence-corrected chi connectivity index (χ0v) is 16.1. The smallest absolute Gasteiger partial charge is 0.420 e. The molecule has 0 unspecified atom stereocenters. The number of piperazine rings is 1. The van der Waals surface area contributed by atoms with Gasteiger partial charge < -0.3 is 19.9 Å². The zero-order chi connectivity index (χ0) is 20.0. The minimum atomic E-state index is -3.75. The Morgan fingerprint density at radius 2 is 1.75 bits per heavy atom. The first-order chi connectivity index (χ1) is 13.4. The van der Waals surface area contributed by atoms with Crippen LogP contribution in [-0.4, -0.2) is 44.2 Å². The second-order valence-corrected chi connectivity index (χ2v) is 7.13. The van der Waals surface area contributed by atoms with Crippen LogP contribution in [0.2, 0.25) is 0 Å². The van der Waals surface area contributed by atoms with Crippen LogP contribution in [0.3, 0.4) is 0 Å². The maximum Gasteiger partial charge on any atom is 0.487 e. The quantitative estimate of drug-likeness (QED) is 0.690. The molecule has 2 aromatic carbocycles. The van der Waals surface area contributed by atoms with Gasteiger partial charge in [0.25, 0.3) is 0 Å². The Labute approximate surface area is 167 Å². The lowest BCUT2D eigenvalue weighted by molar-refractivity contribution is -0.900. The van der Waals surface area contributed by atoms with E-state index in [4.69, 9.17) is 11.6 Å². The number of carbonyl (C=O) groups is 1. The topological polar surface area (TPSA) is 46.0 Å². The van der Waals surface area contributed by atoms with Gasteiger partial charge in [-0.05, 0) is 36.4 Å². The van der Waals surface area contributed by atoms with Crippen LogP contribution >= 0.6 is 11.6 Å². The van der Waals surface area contributed by atoms with Crippen molar-refractivity contribution in [2.24, 2.45) is 0 Å². The molecule has 1 aliphatic heterocycles. The van der Waals surface area contributed by atoms with Crippen molar-refractivity contribution in [3.63, 3.8) is 0 Å². The summed E-state index contributed by atoms with van der Waals surface area (Å²) in [6, 6.07) is 16.0. The third-order valence-electron chi connectivity index (χ3n) is 4.67. The molecule has 1 aliphatic rings. The number of hydrogen-bond donors (Lipinski definition) is 2. The normalized spacial score (nSPS) is 15.3. The number of rotatable bonds is 7. The molecule has 5 nitrogen and oxygen atoms in total. The highest BCUT2D eigenvalue weighted by molar-refractivity contribution is 6.20. The van der Waals surface area contributed by atoms with Crippen molar-refractivity contribution in [3.05, 3.63) is 54.6 Å². The fourth-order valence-corrected chi connectivity index (χ4v) is 3.31. The number of amides is 1. The molecule has 3 rings (SSSR count). The number of ether oxygens (including phenoxy) is 1. The van der Waals surface area contributed by atoms with E-state index in [9.17, 15) is 13.6 Å². The summed E-state index contributed by atoms with van der Waals surface area (Å²) in [6.45, 7) is 4.66. The molecular formula is C20H23ClF2N3O2+. The van der Waals surface area contributed by atoms with Crippen molar-refractivity contribution < 1.29 is 23.2 Å². The lowest BCUT2D eigenvalue weighted by Crippen LogP contribution is -3.15. The average molecular weight is 411 g/mol.